The zero-order valence-electron chi connectivity index (χ0n) is 8.01. The van der Waals surface area contributed by atoms with Gasteiger partial charge in [-0.25, -0.2) is 4.98 Å². The Kier molecular flexibility index (Phi) is 6.31. The molecule has 0 fully saturated rings. The Balaban J connectivity index is 0.00000169. The molecule has 0 aliphatic carbocycles. The van der Waals surface area contributed by atoms with Gasteiger partial charge >= 0.3 is 58.4 Å². The first-order valence-electron chi connectivity index (χ1n) is 3.83. The zero-order chi connectivity index (χ0) is 9.90. The van der Waals surface area contributed by atoms with E-state index in [1.165, 1.54) is 12.3 Å². The Morgan fingerprint density at radius 2 is 2.07 bits per heavy atom. The van der Waals surface area contributed by atoms with Gasteiger partial charge in [-0.15, -0.1) is 0 Å². The summed E-state index contributed by atoms with van der Waals surface area (Å²) in [6.45, 7) is -3.24. The first-order chi connectivity index (χ1) is 6.05. The van der Waals surface area contributed by atoms with Crippen LogP contribution in [0.5, 0.6) is 5.88 Å². The van der Waals surface area contributed by atoms with Crippen LogP contribution in [0.15, 0.2) is 18.3 Å². The number of hydrogen-bond acceptors (Lipinski definition) is 2. The standard InChI is InChI=1S/C7H8BF3NO.K/c1-2-13-7-6(8(9,10)11)4-3-5-12-7;/h3-5H,2H2,1H3;/q-1;+1. The molecule has 1 heterocycles. The van der Waals surface area contributed by atoms with E-state index in [0.29, 0.717) is 0 Å². The van der Waals surface area contributed by atoms with Gasteiger partial charge in [-0.05, 0) is 18.5 Å². The first kappa shape index (κ1) is 14.4. The molecule has 0 N–H and O–H groups in total. The molecule has 0 atom stereocenters. The van der Waals surface area contributed by atoms with Gasteiger partial charge in [0, 0.05) is 6.20 Å². The van der Waals surface area contributed by atoms with Gasteiger partial charge < -0.3 is 17.7 Å². The van der Waals surface area contributed by atoms with Crippen molar-refractivity contribution in [1.82, 2.24) is 4.98 Å². The van der Waals surface area contributed by atoms with Gasteiger partial charge in [0.2, 0.25) is 0 Å². The molecule has 0 aliphatic heterocycles. The molecular formula is C7H8BF3KNO. The van der Waals surface area contributed by atoms with E-state index in [0.717, 1.165) is 6.07 Å². The average molecular weight is 229 g/mol. The summed E-state index contributed by atoms with van der Waals surface area (Å²) in [4.78, 5) is 3.51. The smallest absolute Gasteiger partial charge is 0.480 e. The molecule has 1 rings (SSSR count). The normalized spacial score (nSPS) is 10.6. The van der Waals surface area contributed by atoms with Gasteiger partial charge in [0.1, 0.15) is 0 Å². The molecule has 14 heavy (non-hydrogen) atoms. The third-order valence-electron chi connectivity index (χ3n) is 1.43. The topological polar surface area (TPSA) is 22.1 Å². The van der Waals surface area contributed by atoms with Crippen molar-refractivity contribution in [3.05, 3.63) is 18.3 Å². The molecule has 0 bridgehead atoms. The van der Waals surface area contributed by atoms with Gasteiger partial charge in [0.05, 0.1) is 6.61 Å². The monoisotopic (exact) mass is 229 g/mol. The Bertz CT molecular complexity index is 295. The summed E-state index contributed by atoms with van der Waals surface area (Å²) in [5.74, 6) is -0.336. The van der Waals surface area contributed by atoms with E-state index in [9.17, 15) is 12.9 Å². The maximum absolute atomic E-state index is 12.3. The predicted molar refractivity (Wildman–Crippen MR) is 44.1 cm³/mol. The van der Waals surface area contributed by atoms with Crippen molar-refractivity contribution in [1.29, 1.82) is 0 Å². The van der Waals surface area contributed by atoms with E-state index >= 15 is 0 Å². The van der Waals surface area contributed by atoms with Gasteiger partial charge in [-0.3, -0.25) is 0 Å². The van der Waals surface area contributed by atoms with Crippen LogP contribution in [-0.2, 0) is 0 Å². The summed E-state index contributed by atoms with van der Waals surface area (Å²) in [6, 6.07) is 2.21. The minimum atomic E-state index is -5.03. The number of halogens is 3. The Hall–Kier alpha value is 0.441. The second-order valence-electron chi connectivity index (χ2n) is 2.41. The Labute approximate surface area is 123 Å². The SMILES string of the molecule is CCOc1ncccc1[B-](F)(F)F.[K+]. The zero-order valence-corrected chi connectivity index (χ0v) is 11.1. The van der Waals surface area contributed by atoms with Crippen molar-refractivity contribution >= 4 is 12.4 Å². The maximum atomic E-state index is 12.3. The molecule has 0 saturated carbocycles. The van der Waals surface area contributed by atoms with E-state index in [4.69, 9.17) is 4.74 Å². The van der Waals surface area contributed by atoms with Crippen LogP contribution in [-0.4, -0.2) is 18.6 Å². The predicted octanol–water partition coefficient (Wildman–Crippen LogP) is -1.46. The molecule has 0 radical (unpaired) electrons. The molecule has 0 amide bonds. The van der Waals surface area contributed by atoms with Crippen LogP contribution < -0.4 is 61.6 Å². The fourth-order valence-corrected chi connectivity index (χ4v) is 0.910. The molecule has 1 aromatic heterocycles. The molecule has 0 spiro atoms. The van der Waals surface area contributed by atoms with Crippen molar-refractivity contribution in [2.45, 2.75) is 6.92 Å². The molecule has 0 unspecified atom stereocenters. The van der Waals surface area contributed by atoms with Crippen molar-refractivity contribution in [2.75, 3.05) is 6.61 Å². The first-order valence-corrected chi connectivity index (χ1v) is 3.83. The average Bonchev–Trinajstić information content (AvgIpc) is 2.04. The van der Waals surface area contributed by atoms with Crippen LogP contribution >= 0.6 is 0 Å². The number of aromatic nitrogens is 1. The number of hydrogen-bond donors (Lipinski definition) is 0. The molecule has 2 nitrogen and oxygen atoms in total. The summed E-state index contributed by atoms with van der Waals surface area (Å²) in [5, 5.41) is 0. The van der Waals surface area contributed by atoms with Crippen molar-refractivity contribution in [2.24, 2.45) is 0 Å². The molecule has 0 aromatic carbocycles. The van der Waals surface area contributed by atoms with Crippen molar-refractivity contribution in [3.8, 4) is 5.88 Å². The van der Waals surface area contributed by atoms with Gasteiger partial charge in [0.15, 0.2) is 5.88 Å². The molecular weight excluding hydrogens is 221 g/mol. The Morgan fingerprint density at radius 3 is 2.57 bits per heavy atom. The largest absolute Gasteiger partial charge is 1.00 e. The molecule has 72 valence electrons. The van der Waals surface area contributed by atoms with Crippen LogP contribution in [0.1, 0.15) is 6.92 Å². The molecule has 0 saturated heterocycles. The summed E-state index contributed by atoms with van der Waals surface area (Å²) in [6.07, 6.45) is 1.27. The minimum Gasteiger partial charge on any atom is -0.480 e. The van der Waals surface area contributed by atoms with Crippen LogP contribution in [0.2, 0.25) is 0 Å². The van der Waals surface area contributed by atoms with Crippen LogP contribution in [0, 0.1) is 0 Å². The molecule has 7 heteroatoms. The second-order valence-corrected chi connectivity index (χ2v) is 2.41. The number of ether oxygens (including phenoxy) is 1. The second kappa shape index (κ2) is 6.12. The van der Waals surface area contributed by atoms with Gasteiger partial charge in [0.25, 0.3) is 0 Å². The van der Waals surface area contributed by atoms with E-state index in [1.807, 2.05) is 0 Å². The maximum Gasteiger partial charge on any atom is 1.00 e. The summed E-state index contributed by atoms with van der Waals surface area (Å²) >= 11 is 0. The van der Waals surface area contributed by atoms with Crippen molar-refractivity contribution < 1.29 is 69.1 Å². The van der Waals surface area contributed by atoms with Gasteiger partial charge in [-0.1, -0.05) is 6.07 Å². The van der Waals surface area contributed by atoms with Crippen LogP contribution in [0.3, 0.4) is 0 Å². The van der Waals surface area contributed by atoms with E-state index in [1.54, 1.807) is 6.92 Å². The third-order valence-corrected chi connectivity index (χ3v) is 1.43. The Morgan fingerprint density at radius 1 is 1.43 bits per heavy atom. The van der Waals surface area contributed by atoms with E-state index < -0.39 is 12.4 Å². The van der Waals surface area contributed by atoms with Crippen LogP contribution in [0.25, 0.3) is 0 Å². The number of nitrogens with zero attached hydrogens (tertiary/aromatic N) is 1. The summed E-state index contributed by atoms with van der Waals surface area (Å²) in [7, 11) is 0. The van der Waals surface area contributed by atoms with Crippen molar-refractivity contribution in [3.63, 3.8) is 0 Å². The number of pyridine rings is 1. The minimum absolute atomic E-state index is 0. The summed E-state index contributed by atoms with van der Waals surface area (Å²) in [5.41, 5.74) is -0.774. The van der Waals surface area contributed by atoms with Crippen LogP contribution in [0.4, 0.5) is 12.9 Å². The molecule has 1 aromatic rings. The van der Waals surface area contributed by atoms with E-state index in [2.05, 4.69) is 4.98 Å². The fourth-order valence-electron chi connectivity index (χ4n) is 0.910. The van der Waals surface area contributed by atoms with E-state index in [-0.39, 0.29) is 63.9 Å². The van der Waals surface area contributed by atoms with Gasteiger partial charge in [-0.2, -0.15) is 0 Å². The number of rotatable bonds is 3. The fraction of sp³-hybridized carbons (Fsp3) is 0.286. The molecule has 0 aliphatic rings. The summed E-state index contributed by atoms with van der Waals surface area (Å²) < 4.78 is 41.7. The third kappa shape index (κ3) is 3.90. The quantitative estimate of drug-likeness (QED) is 0.591.